The van der Waals surface area contributed by atoms with E-state index in [2.05, 4.69) is 44.3 Å². The molecule has 6 nitrogen and oxygen atoms in total. The van der Waals surface area contributed by atoms with E-state index in [-0.39, 0.29) is 24.9 Å². The third kappa shape index (κ3) is 34.2. The van der Waals surface area contributed by atoms with Crippen LogP contribution in [0, 0.1) is 0 Å². The molecule has 292 valence electrons. The van der Waals surface area contributed by atoms with E-state index in [1.54, 1.807) is 0 Å². The fourth-order valence-corrected chi connectivity index (χ4v) is 5.72. The largest absolute Gasteiger partial charge is 0.461 e. The molecule has 3 N–H and O–H groups in total. The molecule has 0 saturated heterocycles. The minimum atomic E-state index is -0.818. The molecule has 0 aliphatic heterocycles. The van der Waals surface area contributed by atoms with Crippen molar-refractivity contribution < 1.29 is 24.5 Å². The molecule has 3 unspecified atom stereocenters. The Kier molecular flexibility index (Phi) is 36.5. The van der Waals surface area contributed by atoms with Gasteiger partial charge in [-0.3, -0.25) is 9.59 Å². The molecule has 0 rings (SSSR count). The average molecular weight is 712 g/mol. The molecule has 0 fully saturated rings. The second kappa shape index (κ2) is 38.5. The van der Waals surface area contributed by atoms with E-state index in [1.807, 2.05) is 54.7 Å². The highest BCUT2D eigenvalue weighted by molar-refractivity contribution is 5.77. The van der Waals surface area contributed by atoms with Gasteiger partial charge in [-0.05, 0) is 38.5 Å². The van der Waals surface area contributed by atoms with Gasteiger partial charge in [0.15, 0.2) is 0 Å². The van der Waals surface area contributed by atoms with Gasteiger partial charge in [-0.1, -0.05) is 190 Å². The minimum Gasteiger partial charge on any atom is -0.461 e. The standard InChI is InChI=1S/C45H77NO5/c1-4-7-10-13-16-19-22-24-27-30-33-36-41(51-45(50)38-35-32-29-26-23-20-17-14-11-8-5-2)39-44(49)46-42(40-47)43(48)37-34-31-28-25-21-18-15-12-9-6-3/h7,10,13-14,16-17,19,22,24,27,30,33,41-43,47-48H,4-6,8-9,11-12,15,18,20-21,23,25-26,28-29,31-32,34-40H2,1-3H3,(H,46,49)/b10-7+,16-13+,17-14-,22-19-,27-24-,33-30+. The predicted octanol–water partition coefficient (Wildman–Crippen LogP) is 11.5. The number of unbranched alkanes of at least 4 members (excludes halogenated alkanes) is 16. The number of nitrogens with one attached hydrogen (secondary N) is 1. The first kappa shape index (κ1) is 48.3. The van der Waals surface area contributed by atoms with Crippen molar-refractivity contribution in [1.29, 1.82) is 0 Å². The van der Waals surface area contributed by atoms with Crippen molar-refractivity contribution in [2.75, 3.05) is 6.61 Å². The summed E-state index contributed by atoms with van der Waals surface area (Å²) in [5.41, 5.74) is 0. The van der Waals surface area contributed by atoms with Crippen LogP contribution in [-0.4, -0.2) is 46.9 Å². The lowest BCUT2D eigenvalue weighted by atomic mass is 10.0. The first-order chi connectivity index (χ1) is 25.0. The van der Waals surface area contributed by atoms with Gasteiger partial charge in [0.25, 0.3) is 0 Å². The minimum absolute atomic E-state index is 0.0248. The normalized spacial score (nSPS) is 14.2. The molecule has 0 spiro atoms. The Morgan fingerprint density at radius 3 is 1.71 bits per heavy atom. The number of amides is 1. The van der Waals surface area contributed by atoms with Crippen molar-refractivity contribution in [2.24, 2.45) is 0 Å². The molecule has 51 heavy (non-hydrogen) atoms. The molecule has 3 atom stereocenters. The molecule has 0 radical (unpaired) electrons. The van der Waals surface area contributed by atoms with E-state index >= 15 is 0 Å². The average Bonchev–Trinajstić information content (AvgIpc) is 3.12. The van der Waals surface area contributed by atoms with E-state index in [1.165, 1.54) is 70.6 Å². The van der Waals surface area contributed by atoms with E-state index < -0.39 is 18.2 Å². The van der Waals surface area contributed by atoms with Crippen LogP contribution < -0.4 is 5.32 Å². The van der Waals surface area contributed by atoms with Crippen molar-refractivity contribution >= 4 is 11.9 Å². The Morgan fingerprint density at radius 2 is 1.12 bits per heavy atom. The zero-order chi connectivity index (χ0) is 37.5. The topological polar surface area (TPSA) is 95.9 Å². The highest BCUT2D eigenvalue weighted by Crippen LogP contribution is 2.15. The second-order valence-corrected chi connectivity index (χ2v) is 13.8. The van der Waals surface area contributed by atoms with Crippen molar-refractivity contribution in [3.63, 3.8) is 0 Å². The number of esters is 1. The quantitative estimate of drug-likeness (QED) is 0.0263. The van der Waals surface area contributed by atoms with Crippen molar-refractivity contribution in [1.82, 2.24) is 5.32 Å². The molecular weight excluding hydrogens is 634 g/mol. The first-order valence-electron chi connectivity index (χ1n) is 20.7. The number of ether oxygens (including phenoxy) is 1. The van der Waals surface area contributed by atoms with Crippen LogP contribution in [0.2, 0.25) is 0 Å². The van der Waals surface area contributed by atoms with Crippen molar-refractivity contribution in [3.05, 3.63) is 72.9 Å². The summed E-state index contributed by atoms with van der Waals surface area (Å²) in [5, 5.41) is 23.4. The van der Waals surface area contributed by atoms with Crippen LogP contribution in [0.1, 0.15) is 175 Å². The maximum atomic E-state index is 13.0. The summed E-state index contributed by atoms with van der Waals surface area (Å²) in [6.45, 7) is 6.21. The van der Waals surface area contributed by atoms with Crippen LogP contribution in [0.3, 0.4) is 0 Å². The maximum Gasteiger partial charge on any atom is 0.306 e. The molecule has 0 aromatic carbocycles. The Hall–Kier alpha value is -2.70. The summed E-state index contributed by atoms with van der Waals surface area (Å²) >= 11 is 0. The Morgan fingerprint density at radius 1 is 0.608 bits per heavy atom. The highest BCUT2D eigenvalue weighted by atomic mass is 16.5. The third-order valence-electron chi connectivity index (χ3n) is 8.90. The number of rotatable bonds is 35. The van der Waals surface area contributed by atoms with E-state index in [9.17, 15) is 19.8 Å². The third-order valence-corrected chi connectivity index (χ3v) is 8.90. The number of allylic oxidation sites excluding steroid dienone is 11. The molecule has 1 amide bonds. The molecule has 0 aliphatic rings. The second-order valence-electron chi connectivity index (χ2n) is 13.8. The first-order valence-corrected chi connectivity index (χ1v) is 20.7. The van der Waals surface area contributed by atoms with Gasteiger partial charge in [0.05, 0.1) is 25.2 Å². The molecule has 0 heterocycles. The summed E-state index contributed by atoms with van der Waals surface area (Å²) in [7, 11) is 0. The number of hydrogen-bond donors (Lipinski definition) is 3. The molecule has 0 bridgehead atoms. The summed E-state index contributed by atoms with van der Waals surface area (Å²) < 4.78 is 5.78. The summed E-state index contributed by atoms with van der Waals surface area (Å²) in [5.74, 6) is -0.629. The van der Waals surface area contributed by atoms with Crippen LogP contribution in [0.15, 0.2) is 72.9 Å². The summed E-state index contributed by atoms with van der Waals surface area (Å²) in [6, 6.07) is -0.740. The summed E-state index contributed by atoms with van der Waals surface area (Å²) in [4.78, 5) is 25.8. The lowest BCUT2D eigenvalue weighted by molar-refractivity contribution is -0.150. The van der Waals surface area contributed by atoms with E-state index in [0.29, 0.717) is 19.3 Å². The van der Waals surface area contributed by atoms with Gasteiger partial charge in [-0.15, -0.1) is 0 Å². The van der Waals surface area contributed by atoms with Crippen LogP contribution in [0.5, 0.6) is 0 Å². The Labute approximate surface area is 313 Å². The lowest BCUT2D eigenvalue weighted by Crippen LogP contribution is -2.46. The van der Waals surface area contributed by atoms with Gasteiger partial charge >= 0.3 is 5.97 Å². The van der Waals surface area contributed by atoms with Gasteiger partial charge < -0.3 is 20.3 Å². The highest BCUT2D eigenvalue weighted by Gasteiger charge is 2.23. The number of carbonyl (C=O) groups is 2. The van der Waals surface area contributed by atoms with E-state index in [0.717, 1.165) is 57.8 Å². The smallest absolute Gasteiger partial charge is 0.306 e. The number of carbonyl (C=O) groups excluding carboxylic acids is 2. The monoisotopic (exact) mass is 712 g/mol. The Bertz CT molecular complexity index is 979. The van der Waals surface area contributed by atoms with Gasteiger partial charge in [-0.25, -0.2) is 0 Å². The number of aliphatic hydroxyl groups is 2. The number of hydrogen-bond acceptors (Lipinski definition) is 5. The Balaban J connectivity index is 4.81. The fourth-order valence-electron chi connectivity index (χ4n) is 5.72. The lowest BCUT2D eigenvalue weighted by Gasteiger charge is -2.24. The SMILES string of the molecule is CC/C=C/C=C/C=C\C=C/C=C/CC(CC(=O)NC(CO)C(O)CCCCCCCCCCCC)OC(=O)CCCCCCC/C=C\CCCC. The predicted molar refractivity (Wildman–Crippen MR) is 218 cm³/mol. The number of aliphatic hydroxyl groups excluding tert-OH is 2. The fraction of sp³-hybridized carbons (Fsp3) is 0.689. The molecule has 6 heteroatoms. The van der Waals surface area contributed by atoms with Gasteiger partial charge in [-0.2, -0.15) is 0 Å². The zero-order valence-electron chi connectivity index (χ0n) is 33.0. The van der Waals surface area contributed by atoms with Gasteiger partial charge in [0, 0.05) is 12.8 Å². The molecule has 0 aromatic heterocycles. The van der Waals surface area contributed by atoms with Crippen LogP contribution in [0.25, 0.3) is 0 Å². The van der Waals surface area contributed by atoms with E-state index in [4.69, 9.17) is 4.74 Å². The van der Waals surface area contributed by atoms with Gasteiger partial charge in [0.1, 0.15) is 6.10 Å². The van der Waals surface area contributed by atoms with Crippen LogP contribution >= 0.6 is 0 Å². The molecular formula is C45H77NO5. The van der Waals surface area contributed by atoms with Crippen molar-refractivity contribution in [3.8, 4) is 0 Å². The molecule has 0 aromatic rings. The molecule has 0 saturated carbocycles. The van der Waals surface area contributed by atoms with Crippen LogP contribution in [-0.2, 0) is 14.3 Å². The zero-order valence-corrected chi connectivity index (χ0v) is 33.0. The van der Waals surface area contributed by atoms with Crippen LogP contribution in [0.4, 0.5) is 0 Å². The van der Waals surface area contributed by atoms with Gasteiger partial charge in [0.2, 0.25) is 5.91 Å². The molecule has 0 aliphatic carbocycles. The summed E-state index contributed by atoms with van der Waals surface area (Å²) in [6.07, 6.45) is 47.0. The maximum absolute atomic E-state index is 13.0. The van der Waals surface area contributed by atoms with Crippen molar-refractivity contribution in [2.45, 2.75) is 193 Å².